The van der Waals surface area contributed by atoms with Crippen LogP contribution in [0.15, 0.2) is 0 Å². The van der Waals surface area contributed by atoms with Gasteiger partial charge in [0.25, 0.3) is 0 Å². The minimum Gasteiger partial charge on any atom is -0.481 e. The predicted octanol–water partition coefficient (Wildman–Crippen LogP) is 1.37. The molecule has 1 aliphatic heterocycles. The fourth-order valence-electron chi connectivity index (χ4n) is 3.38. The van der Waals surface area contributed by atoms with E-state index in [9.17, 15) is 9.59 Å². The fourth-order valence-corrected chi connectivity index (χ4v) is 3.38. The van der Waals surface area contributed by atoms with Crippen molar-refractivity contribution in [3.05, 3.63) is 0 Å². The highest BCUT2D eigenvalue weighted by Gasteiger charge is 2.66. The van der Waals surface area contributed by atoms with Crippen molar-refractivity contribution in [3.63, 3.8) is 0 Å². The zero-order chi connectivity index (χ0) is 14.6. The molecule has 2 rings (SSSR count). The van der Waals surface area contributed by atoms with Gasteiger partial charge in [-0.25, -0.2) is 0 Å². The van der Waals surface area contributed by atoms with E-state index in [4.69, 9.17) is 9.84 Å². The van der Waals surface area contributed by atoms with Crippen molar-refractivity contribution >= 4 is 11.9 Å². The third kappa shape index (κ3) is 2.48. The topological polar surface area (TPSA) is 66.8 Å². The van der Waals surface area contributed by atoms with Crippen LogP contribution in [0, 0.1) is 17.3 Å². The predicted molar refractivity (Wildman–Crippen MR) is 69.6 cm³/mol. The van der Waals surface area contributed by atoms with Crippen LogP contribution >= 0.6 is 0 Å². The number of morpholine rings is 1. The Morgan fingerprint density at radius 2 is 1.79 bits per heavy atom. The van der Waals surface area contributed by atoms with E-state index in [1.54, 1.807) is 4.90 Å². The zero-order valence-electron chi connectivity index (χ0n) is 12.3. The Hall–Kier alpha value is -1.10. The van der Waals surface area contributed by atoms with E-state index in [0.29, 0.717) is 13.1 Å². The maximum Gasteiger partial charge on any atom is 0.307 e. The second-order valence-electron chi connectivity index (χ2n) is 7.02. The average molecular weight is 269 g/mol. The van der Waals surface area contributed by atoms with Gasteiger partial charge in [0, 0.05) is 13.1 Å². The summed E-state index contributed by atoms with van der Waals surface area (Å²) in [6, 6.07) is 0. The number of carbonyl (C=O) groups is 2. The third-order valence-electron chi connectivity index (χ3n) is 4.24. The van der Waals surface area contributed by atoms with Crippen molar-refractivity contribution in [1.29, 1.82) is 0 Å². The Morgan fingerprint density at radius 1 is 1.21 bits per heavy atom. The molecule has 1 amide bonds. The molecule has 1 saturated carbocycles. The van der Waals surface area contributed by atoms with Gasteiger partial charge >= 0.3 is 5.97 Å². The van der Waals surface area contributed by atoms with Crippen LogP contribution in [0.4, 0.5) is 0 Å². The minimum atomic E-state index is -0.871. The summed E-state index contributed by atoms with van der Waals surface area (Å²) in [5.41, 5.74) is -0.806. The average Bonchev–Trinajstić information content (AvgIpc) is 2.77. The molecular formula is C14H23NO4. The van der Waals surface area contributed by atoms with E-state index in [1.807, 2.05) is 34.6 Å². The highest BCUT2D eigenvalue weighted by Crippen LogP contribution is 2.59. The molecule has 0 aromatic rings. The molecular weight excluding hydrogens is 246 g/mol. The Bertz CT molecular complexity index is 416. The molecule has 0 aromatic carbocycles. The summed E-state index contributed by atoms with van der Waals surface area (Å²) in [6.45, 7) is 10.6. The normalized spacial score (nSPS) is 35.8. The molecule has 2 aliphatic rings. The zero-order valence-corrected chi connectivity index (χ0v) is 12.3. The number of rotatable bonds is 2. The molecule has 5 nitrogen and oxygen atoms in total. The number of ether oxygens (including phenoxy) is 1. The highest BCUT2D eigenvalue weighted by molar-refractivity contribution is 5.91. The number of hydrogen-bond donors (Lipinski definition) is 1. The van der Waals surface area contributed by atoms with Gasteiger partial charge in [-0.1, -0.05) is 13.8 Å². The van der Waals surface area contributed by atoms with Gasteiger partial charge in [0.15, 0.2) is 0 Å². The Kier molecular flexibility index (Phi) is 3.16. The summed E-state index contributed by atoms with van der Waals surface area (Å²) in [4.78, 5) is 25.5. The first-order valence-corrected chi connectivity index (χ1v) is 6.75. The number of carboxylic acids is 1. The molecule has 0 bridgehead atoms. The summed E-state index contributed by atoms with van der Waals surface area (Å²) in [5, 5.41) is 9.17. The van der Waals surface area contributed by atoms with Crippen molar-refractivity contribution in [2.45, 2.75) is 46.3 Å². The molecule has 0 spiro atoms. The van der Waals surface area contributed by atoms with Gasteiger partial charge in [-0.3, -0.25) is 9.59 Å². The molecule has 3 atom stereocenters. The van der Waals surface area contributed by atoms with E-state index in [-0.39, 0.29) is 17.6 Å². The molecule has 5 heteroatoms. The summed E-state index contributed by atoms with van der Waals surface area (Å²) in [6.07, 6.45) is -0.0159. The lowest BCUT2D eigenvalue weighted by Gasteiger charge is -2.42. The lowest BCUT2D eigenvalue weighted by atomic mass is 10.0. The molecule has 0 aromatic heterocycles. The summed E-state index contributed by atoms with van der Waals surface area (Å²) in [7, 11) is 0. The quantitative estimate of drug-likeness (QED) is 0.822. The van der Waals surface area contributed by atoms with Crippen molar-refractivity contribution in [3.8, 4) is 0 Å². The van der Waals surface area contributed by atoms with E-state index in [1.165, 1.54) is 0 Å². The van der Waals surface area contributed by atoms with Crippen LogP contribution in [-0.2, 0) is 14.3 Å². The van der Waals surface area contributed by atoms with Crippen LogP contribution in [-0.4, -0.2) is 46.7 Å². The summed E-state index contributed by atoms with van der Waals surface area (Å²) in [5.74, 6) is -1.86. The van der Waals surface area contributed by atoms with Gasteiger partial charge in [0.05, 0.1) is 23.5 Å². The van der Waals surface area contributed by atoms with Crippen molar-refractivity contribution in [2.24, 2.45) is 17.3 Å². The van der Waals surface area contributed by atoms with Crippen LogP contribution in [0.2, 0.25) is 0 Å². The Morgan fingerprint density at radius 3 is 2.21 bits per heavy atom. The van der Waals surface area contributed by atoms with Gasteiger partial charge in [0.1, 0.15) is 0 Å². The first kappa shape index (κ1) is 14.3. The van der Waals surface area contributed by atoms with Gasteiger partial charge in [-0.2, -0.15) is 0 Å². The number of aliphatic carboxylic acids is 1. The summed E-state index contributed by atoms with van der Waals surface area (Å²) >= 11 is 0. The first-order chi connectivity index (χ1) is 8.56. The SMILES string of the molecule is CC1CN(C(=O)[C@@H]2[C@H](C(=O)O)C2(C)C)CC(C)(C)O1. The van der Waals surface area contributed by atoms with Crippen LogP contribution in [0.25, 0.3) is 0 Å². The van der Waals surface area contributed by atoms with Crippen LogP contribution in [0.1, 0.15) is 34.6 Å². The Balaban J connectivity index is 2.11. The second-order valence-corrected chi connectivity index (χ2v) is 7.02. The van der Waals surface area contributed by atoms with E-state index < -0.39 is 23.2 Å². The lowest BCUT2D eigenvalue weighted by Crippen LogP contribution is -2.54. The van der Waals surface area contributed by atoms with Crippen LogP contribution in [0.3, 0.4) is 0 Å². The molecule has 0 radical (unpaired) electrons. The summed E-state index contributed by atoms with van der Waals surface area (Å²) < 4.78 is 5.77. The van der Waals surface area contributed by atoms with Gasteiger partial charge < -0.3 is 14.7 Å². The number of carboxylic acid groups (broad SMARTS) is 1. The van der Waals surface area contributed by atoms with Crippen molar-refractivity contribution in [2.75, 3.05) is 13.1 Å². The van der Waals surface area contributed by atoms with Crippen LogP contribution < -0.4 is 0 Å². The fraction of sp³-hybridized carbons (Fsp3) is 0.857. The van der Waals surface area contributed by atoms with E-state index >= 15 is 0 Å². The molecule has 1 aliphatic carbocycles. The monoisotopic (exact) mass is 269 g/mol. The molecule has 1 heterocycles. The van der Waals surface area contributed by atoms with E-state index in [2.05, 4.69) is 0 Å². The van der Waals surface area contributed by atoms with Crippen molar-refractivity contribution in [1.82, 2.24) is 4.90 Å². The molecule has 19 heavy (non-hydrogen) atoms. The molecule has 1 saturated heterocycles. The number of amides is 1. The lowest BCUT2D eigenvalue weighted by molar-refractivity contribution is -0.160. The number of hydrogen-bond acceptors (Lipinski definition) is 3. The smallest absolute Gasteiger partial charge is 0.307 e. The molecule has 2 fully saturated rings. The Labute approximate surface area is 113 Å². The molecule has 108 valence electrons. The maximum atomic E-state index is 12.5. The van der Waals surface area contributed by atoms with Gasteiger partial charge in [-0.15, -0.1) is 0 Å². The molecule has 1 unspecified atom stereocenters. The first-order valence-electron chi connectivity index (χ1n) is 6.75. The minimum absolute atomic E-state index is 0.0159. The number of nitrogens with zero attached hydrogens (tertiary/aromatic N) is 1. The van der Waals surface area contributed by atoms with Crippen molar-refractivity contribution < 1.29 is 19.4 Å². The van der Waals surface area contributed by atoms with Crippen LogP contribution in [0.5, 0.6) is 0 Å². The number of carbonyl (C=O) groups excluding carboxylic acids is 1. The highest BCUT2D eigenvalue weighted by atomic mass is 16.5. The maximum absolute atomic E-state index is 12.5. The molecule has 1 N–H and O–H groups in total. The van der Waals surface area contributed by atoms with Gasteiger partial charge in [-0.05, 0) is 26.2 Å². The largest absolute Gasteiger partial charge is 0.481 e. The van der Waals surface area contributed by atoms with Gasteiger partial charge in [0.2, 0.25) is 5.91 Å². The standard InChI is InChI=1S/C14H23NO4/c1-8-6-15(7-13(2,3)19-8)11(16)9-10(12(17)18)14(9,4)5/h8-10H,6-7H2,1-5H3,(H,17,18)/t8?,9-,10+/m0/s1. The second kappa shape index (κ2) is 4.20. The van der Waals surface area contributed by atoms with E-state index in [0.717, 1.165) is 0 Å². The third-order valence-corrected chi connectivity index (χ3v) is 4.24.